The zero-order valence-electron chi connectivity index (χ0n) is 12.3. The second-order valence-electron chi connectivity index (χ2n) is 5.90. The van der Waals surface area contributed by atoms with E-state index < -0.39 is 23.0 Å². The van der Waals surface area contributed by atoms with E-state index in [9.17, 15) is 18.4 Å². The molecule has 0 fully saturated rings. The first-order valence-electron chi connectivity index (χ1n) is 6.50. The molecule has 1 rings (SSSR count). The lowest BCUT2D eigenvalue weighted by Crippen LogP contribution is -2.32. The van der Waals surface area contributed by atoms with E-state index >= 15 is 0 Å². The number of halogens is 2. The molecule has 1 N–H and O–H groups in total. The maximum Gasteiger partial charge on any atom is 0.303 e. The fourth-order valence-electron chi connectivity index (χ4n) is 2.01. The van der Waals surface area contributed by atoms with E-state index in [2.05, 4.69) is 0 Å². The van der Waals surface area contributed by atoms with Crippen molar-refractivity contribution in [3.8, 4) is 0 Å². The van der Waals surface area contributed by atoms with Gasteiger partial charge >= 0.3 is 5.97 Å². The third kappa shape index (κ3) is 5.49. The monoisotopic (exact) mass is 299 g/mol. The third-order valence-corrected chi connectivity index (χ3v) is 3.11. The second-order valence-corrected chi connectivity index (χ2v) is 5.90. The van der Waals surface area contributed by atoms with E-state index in [4.69, 9.17) is 5.11 Å². The molecule has 0 saturated carbocycles. The Kier molecular flexibility index (Phi) is 5.41. The highest BCUT2D eigenvalue weighted by atomic mass is 19.1. The fraction of sp³-hybridized carbons (Fsp3) is 0.467. The Hall–Kier alpha value is -1.98. The summed E-state index contributed by atoms with van der Waals surface area (Å²) in [7, 11) is 1.50. The van der Waals surface area contributed by atoms with E-state index in [1.165, 1.54) is 18.0 Å². The van der Waals surface area contributed by atoms with Gasteiger partial charge in [0.05, 0.1) is 6.42 Å². The van der Waals surface area contributed by atoms with Crippen molar-refractivity contribution in [2.75, 3.05) is 7.05 Å². The van der Waals surface area contributed by atoms with E-state index in [1.807, 2.05) is 0 Å². The van der Waals surface area contributed by atoms with Crippen LogP contribution in [0.4, 0.5) is 8.78 Å². The number of hydrogen-bond acceptors (Lipinski definition) is 2. The normalized spacial score (nSPS) is 11.3. The molecule has 0 saturated heterocycles. The minimum absolute atomic E-state index is 0.00803. The summed E-state index contributed by atoms with van der Waals surface area (Å²) in [5.74, 6) is -2.64. The molecule has 6 heteroatoms. The van der Waals surface area contributed by atoms with Gasteiger partial charge in [0.2, 0.25) is 5.91 Å². The van der Waals surface area contributed by atoms with Crippen molar-refractivity contribution in [3.63, 3.8) is 0 Å². The first kappa shape index (κ1) is 17.1. The zero-order chi connectivity index (χ0) is 16.2. The lowest BCUT2D eigenvalue weighted by Gasteiger charge is -2.25. The molecule has 1 aromatic carbocycles. The van der Waals surface area contributed by atoms with Crippen molar-refractivity contribution in [2.24, 2.45) is 5.41 Å². The molecule has 0 aliphatic rings. The van der Waals surface area contributed by atoms with Gasteiger partial charge in [-0.05, 0) is 11.5 Å². The lowest BCUT2D eigenvalue weighted by atomic mass is 9.85. The predicted molar refractivity (Wildman–Crippen MR) is 73.5 cm³/mol. The van der Waals surface area contributed by atoms with Crippen molar-refractivity contribution < 1.29 is 23.5 Å². The highest BCUT2D eigenvalue weighted by Crippen LogP contribution is 2.26. The molecule has 0 aliphatic heterocycles. The van der Waals surface area contributed by atoms with Crippen LogP contribution in [0.2, 0.25) is 0 Å². The number of rotatable bonds is 6. The van der Waals surface area contributed by atoms with Crippen molar-refractivity contribution in [1.82, 2.24) is 4.90 Å². The van der Waals surface area contributed by atoms with Gasteiger partial charge in [-0.25, -0.2) is 8.78 Å². The van der Waals surface area contributed by atoms with Crippen LogP contribution >= 0.6 is 0 Å². The predicted octanol–water partition coefficient (Wildman–Crippen LogP) is 2.81. The van der Waals surface area contributed by atoms with E-state index in [1.54, 1.807) is 13.8 Å². The summed E-state index contributed by atoms with van der Waals surface area (Å²) in [4.78, 5) is 24.1. The number of benzene rings is 1. The van der Waals surface area contributed by atoms with E-state index in [0.29, 0.717) is 0 Å². The Morgan fingerprint density at radius 2 is 1.86 bits per heavy atom. The molecule has 0 aliphatic carbocycles. The molecular formula is C15H19F2NO3. The van der Waals surface area contributed by atoms with Crippen LogP contribution in [0.5, 0.6) is 0 Å². The number of nitrogens with zero attached hydrogens (tertiary/aromatic N) is 1. The van der Waals surface area contributed by atoms with Crippen LogP contribution in [-0.4, -0.2) is 28.9 Å². The Morgan fingerprint density at radius 1 is 1.24 bits per heavy atom. The number of carboxylic acid groups (broad SMARTS) is 1. The molecule has 0 aromatic heterocycles. The van der Waals surface area contributed by atoms with Crippen LogP contribution < -0.4 is 0 Å². The average molecular weight is 299 g/mol. The van der Waals surface area contributed by atoms with Crippen molar-refractivity contribution in [3.05, 3.63) is 35.4 Å². The Balaban J connectivity index is 2.68. The Bertz CT molecular complexity index is 544. The quantitative estimate of drug-likeness (QED) is 0.878. The van der Waals surface area contributed by atoms with Crippen LogP contribution in [-0.2, 0) is 16.1 Å². The van der Waals surface area contributed by atoms with Gasteiger partial charge in [-0.15, -0.1) is 0 Å². The van der Waals surface area contributed by atoms with Gasteiger partial charge in [-0.2, -0.15) is 0 Å². The molecule has 0 unspecified atom stereocenters. The average Bonchev–Trinajstić information content (AvgIpc) is 2.30. The summed E-state index contributed by atoms with van der Waals surface area (Å²) in [5, 5.41) is 8.79. The number of carboxylic acids is 1. The van der Waals surface area contributed by atoms with Gasteiger partial charge < -0.3 is 10.0 Å². The minimum atomic E-state index is -0.972. The molecule has 0 spiro atoms. The van der Waals surface area contributed by atoms with Crippen molar-refractivity contribution in [1.29, 1.82) is 0 Å². The highest BCUT2D eigenvalue weighted by molar-refractivity contribution is 5.77. The molecule has 0 radical (unpaired) electrons. The standard InChI is InChI=1S/C15H19F2NO3/c1-15(2,8-14(20)21)7-13(19)18(3)9-10-4-5-11(16)6-12(10)17/h4-6H,7-9H2,1-3H3,(H,20,21). The summed E-state index contributed by atoms with van der Waals surface area (Å²) in [6.07, 6.45) is -0.0872. The summed E-state index contributed by atoms with van der Waals surface area (Å²) in [6.45, 7) is 3.38. The molecule has 0 atom stereocenters. The zero-order valence-corrected chi connectivity index (χ0v) is 12.3. The number of carbonyl (C=O) groups excluding carboxylic acids is 1. The Labute approximate surface area is 122 Å². The SMILES string of the molecule is CN(Cc1ccc(F)cc1F)C(=O)CC(C)(C)CC(=O)O. The summed E-state index contributed by atoms with van der Waals surface area (Å²) in [5.41, 5.74) is -0.471. The maximum atomic E-state index is 13.5. The minimum Gasteiger partial charge on any atom is -0.481 e. The lowest BCUT2D eigenvalue weighted by molar-refractivity contribution is -0.140. The first-order valence-corrected chi connectivity index (χ1v) is 6.50. The van der Waals surface area contributed by atoms with Gasteiger partial charge in [0.1, 0.15) is 11.6 Å². The molecular weight excluding hydrogens is 280 g/mol. The van der Waals surface area contributed by atoms with Crippen LogP contribution in [0.25, 0.3) is 0 Å². The van der Waals surface area contributed by atoms with Crippen LogP contribution in [0.1, 0.15) is 32.3 Å². The summed E-state index contributed by atoms with van der Waals surface area (Å²) < 4.78 is 26.3. The number of hydrogen-bond donors (Lipinski definition) is 1. The van der Waals surface area contributed by atoms with Gasteiger partial charge in [0.15, 0.2) is 0 Å². The van der Waals surface area contributed by atoms with Crippen molar-refractivity contribution >= 4 is 11.9 Å². The third-order valence-electron chi connectivity index (χ3n) is 3.11. The molecule has 0 bridgehead atoms. The van der Waals surface area contributed by atoms with Gasteiger partial charge in [0.25, 0.3) is 0 Å². The van der Waals surface area contributed by atoms with E-state index in [0.717, 1.165) is 12.1 Å². The van der Waals surface area contributed by atoms with Gasteiger partial charge in [0, 0.05) is 31.6 Å². The fourth-order valence-corrected chi connectivity index (χ4v) is 2.01. The Morgan fingerprint density at radius 3 is 2.38 bits per heavy atom. The highest BCUT2D eigenvalue weighted by Gasteiger charge is 2.27. The van der Waals surface area contributed by atoms with Crippen LogP contribution in [0, 0.1) is 17.0 Å². The maximum absolute atomic E-state index is 13.5. The van der Waals surface area contributed by atoms with Crippen LogP contribution in [0.3, 0.4) is 0 Å². The van der Waals surface area contributed by atoms with Crippen LogP contribution in [0.15, 0.2) is 18.2 Å². The van der Waals surface area contributed by atoms with E-state index in [-0.39, 0.29) is 30.9 Å². The molecule has 116 valence electrons. The number of amides is 1. The molecule has 0 heterocycles. The first-order chi connectivity index (χ1) is 9.60. The summed E-state index contributed by atoms with van der Waals surface area (Å²) in [6, 6.07) is 3.18. The van der Waals surface area contributed by atoms with Gasteiger partial charge in [-0.3, -0.25) is 9.59 Å². The van der Waals surface area contributed by atoms with Crippen molar-refractivity contribution in [2.45, 2.75) is 33.2 Å². The largest absolute Gasteiger partial charge is 0.481 e. The topological polar surface area (TPSA) is 57.6 Å². The number of carbonyl (C=O) groups is 2. The molecule has 4 nitrogen and oxygen atoms in total. The smallest absolute Gasteiger partial charge is 0.303 e. The molecule has 1 amide bonds. The second kappa shape index (κ2) is 6.65. The molecule has 1 aromatic rings. The molecule has 21 heavy (non-hydrogen) atoms. The van der Waals surface area contributed by atoms with Gasteiger partial charge in [-0.1, -0.05) is 19.9 Å². The summed E-state index contributed by atoms with van der Waals surface area (Å²) >= 11 is 0. The number of aliphatic carboxylic acids is 1.